The lowest BCUT2D eigenvalue weighted by molar-refractivity contribution is 0.211. The molecule has 0 spiro atoms. The molecular weight excluding hydrogens is 328 g/mol. The monoisotopic (exact) mass is 356 g/mol. The lowest BCUT2D eigenvalue weighted by Gasteiger charge is -2.21. The molecule has 136 valence electrons. The Hall–Kier alpha value is -1.70. The molecule has 0 aliphatic heterocycles. The molecule has 1 saturated carbocycles. The standard InChI is InChI=1S/C16H28N4O3S/c1-4-12-23-15(18-16(22)20(5-2)6-3)17-14(21)19-24-13-10-8-7-9-11-13/h4,13H,1,5-12H2,2-3H3,(H2,17,18,19,21,22). The van der Waals surface area contributed by atoms with E-state index in [1.807, 2.05) is 13.8 Å². The Bertz CT molecular complexity index is 447. The third-order valence-electron chi connectivity index (χ3n) is 3.66. The van der Waals surface area contributed by atoms with Gasteiger partial charge in [-0.25, -0.2) is 9.59 Å². The Kier molecular flexibility index (Phi) is 9.98. The first-order valence-corrected chi connectivity index (χ1v) is 9.32. The van der Waals surface area contributed by atoms with Crippen LogP contribution in [0.3, 0.4) is 0 Å². The number of nitrogens with one attached hydrogen (secondary N) is 2. The van der Waals surface area contributed by atoms with Crippen LogP contribution in [0.1, 0.15) is 46.0 Å². The molecule has 1 aliphatic rings. The summed E-state index contributed by atoms with van der Waals surface area (Å²) in [5.41, 5.74) is 0. The molecule has 1 rings (SSSR count). The Morgan fingerprint density at radius 3 is 2.54 bits per heavy atom. The van der Waals surface area contributed by atoms with Crippen molar-refractivity contribution in [1.82, 2.24) is 14.9 Å². The predicted octanol–water partition coefficient (Wildman–Crippen LogP) is 3.29. The first-order chi connectivity index (χ1) is 11.6. The van der Waals surface area contributed by atoms with Crippen LogP contribution in [0.4, 0.5) is 9.59 Å². The molecule has 4 amide bonds. The number of urea groups is 2. The van der Waals surface area contributed by atoms with Crippen molar-refractivity contribution < 1.29 is 14.3 Å². The van der Waals surface area contributed by atoms with Crippen molar-refractivity contribution in [3.8, 4) is 0 Å². The number of hydrogen-bond acceptors (Lipinski definition) is 4. The first kappa shape index (κ1) is 20.3. The SMILES string of the molecule is C=CCOC(=NC(=O)N(CC)CC)NC(=O)NSC1CCCCC1. The number of nitrogens with zero attached hydrogens (tertiary/aromatic N) is 2. The quantitative estimate of drug-likeness (QED) is 0.331. The van der Waals surface area contributed by atoms with Crippen LogP contribution in [-0.2, 0) is 4.74 Å². The van der Waals surface area contributed by atoms with Gasteiger partial charge in [0.1, 0.15) is 6.61 Å². The molecule has 24 heavy (non-hydrogen) atoms. The summed E-state index contributed by atoms with van der Waals surface area (Å²) in [5.74, 6) is 0. The van der Waals surface area contributed by atoms with Crippen LogP contribution < -0.4 is 10.0 Å². The molecule has 0 aromatic heterocycles. The highest BCUT2D eigenvalue weighted by Gasteiger charge is 2.17. The first-order valence-electron chi connectivity index (χ1n) is 8.44. The Morgan fingerprint density at radius 1 is 1.29 bits per heavy atom. The van der Waals surface area contributed by atoms with Gasteiger partial charge in [-0.15, -0.1) is 4.99 Å². The summed E-state index contributed by atoms with van der Waals surface area (Å²) in [5, 5.41) is 2.93. The van der Waals surface area contributed by atoms with E-state index in [1.165, 1.54) is 42.2 Å². The van der Waals surface area contributed by atoms with E-state index < -0.39 is 12.1 Å². The van der Waals surface area contributed by atoms with Gasteiger partial charge in [-0.05, 0) is 38.6 Å². The largest absolute Gasteiger partial charge is 0.460 e. The van der Waals surface area contributed by atoms with Gasteiger partial charge in [0.15, 0.2) is 0 Å². The Balaban J connectivity index is 2.54. The normalized spacial score (nSPS) is 15.5. The summed E-state index contributed by atoms with van der Waals surface area (Å²) in [6.45, 7) is 8.51. The number of ether oxygens (including phenoxy) is 1. The minimum absolute atomic E-state index is 0.117. The molecule has 0 aromatic carbocycles. The van der Waals surface area contributed by atoms with E-state index in [1.54, 1.807) is 0 Å². The second-order valence-electron chi connectivity index (χ2n) is 5.41. The van der Waals surface area contributed by atoms with Crippen molar-refractivity contribution in [2.24, 2.45) is 4.99 Å². The minimum atomic E-state index is -0.445. The highest BCUT2D eigenvalue weighted by atomic mass is 32.2. The predicted molar refractivity (Wildman–Crippen MR) is 98.0 cm³/mol. The number of hydrogen-bond donors (Lipinski definition) is 2. The smallest absolute Gasteiger partial charge is 0.348 e. The van der Waals surface area contributed by atoms with E-state index in [0.29, 0.717) is 18.3 Å². The molecule has 0 atom stereocenters. The average molecular weight is 356 g/mol. The average Bonchev–Trinajstić information content (AvgIpc) is 2.60. The van der Waals surface area contributed by atoms with Crippen LogP contribution in [0.15, 0.2) is 17.6 Å². The third kappa shape index (κ3) is 7.72. The van der Waals surface area contributed by atoms with Gasteiger partial charge in [-0.2, -0.15) is 0 Å². The van der Waals surface area contributed by atoms with E-state index in [2.05, 4.69) is 21.6 Å². The van der Waals surface area contributed by atoms with Crippen LogP contribution in [-0.4, -0.2) is 47.9 Å². The van der Waals surface area contributed by atoms with Gasteiger partial charge in [0.2, 0.25) is 0 Å². The van der Waals surface area contributed by atoms with Gasteiger partial charge in [0, 0.05) is 18.3 Å². The van der Waals surface area contributed by atoms with Crippen LogP contribution in [0.2, 0.25) is 0 Å². The van der Waals surface area contributed by atoms with E-state index in [4.69, 9.17) is 4.74 Å². The molecule has 1 aliphatic carbocycles. The number of amidine groups is 1. The fourth-order valence-corrected chi connectivity index (χ4v) is 3.22. The molecule has 8 heteroatoms. The van der Waals surface area contributed by atoms with Gasteiger partial charge in [0.25, 0.3) is 0 Å². The van der Waals surface area contributed by atoms with Crippen LogP contribution in [0.5, 0.6) is 0 Å². The molecular formula is C16H28N4O3S. The van der Waals surface area contributed by atoms with Crippen LogP contribution in [0.25, 0.3) is 0 Å². The Labute approximate surface area is 148 Å². The summed E-state index contributed by atoms with van der Waals surface area (Å²) < 4.78 is 8.01. The summed E-state index contributed by atoms with van der Waals surface area (Å²) in [6.07, 6.45) is 7.41. The van der Waals surface area contributed by atoms with Gasteiger partial charge >= 0.3 is 18.1 Å². The third-order valence-corrected chi connectivity index (χ3v) is 4.77. The van der Waals surface area contributed by atoms with E-state index >= 15 is 0 Å². The lowest BCUT2D eigenvalue weighted by Crippen LogP contribution is -2.40. The van der Waals surface area contributed by atoms with Crippen LogP contribution in [0, 0.1) is 0 Å². The summed E-state index contributed by atoms with van der Waals surface area (Å²) in [7, 11) is 0. The zero-order valence-corrected chi connectivity index (χ0v) is 15.4. The van der Waals surface area contributed by atoms with E-state index in [-0.39, 0.29) is 12.6 Å². The zero-order valence-electron chi connectivity index (χ0n) is 14.5. The second-order valence-corrected chi connectivity index (χ2v) is 6.51. The number of carbonyl (C=O) groups excluding carboxylic acids is 2. The van der Waals surface area contributed by atoms with Gasteiger partial charge < -0.3 is 9.64 Å². The molecule has 0 saturated heterocycles. The molecule has 0 bridgehead atoms. The Morgan fingerprint density at radius 2 is 1.96 bits per heavy atom. The second kappa shape index (κ2) is 11.8. The number of amides is 4. The lowest BCUT2D eigenvalue weighted by atomic mass is 10.0. The van der Waals surface area contributed by atoms with Crippen molar-refractivity contribution in [1.29, 1.82) is 0 Å². The minimum Gasteiger partial charge on any atom is -0.460 e. The molecule has 0 aromatic rings. The highest BCUT2D eigenvalue weighted by Crippen LogP contribution is 2.26. The van der Waals surface area contributed by atoms with Gasteiger partial charge in [0.05, 0.1) is 0 Å². The van der Waals surface area contributed by atoms with Crippen molar-refractivity contribution in [2.75, 3.05) is 19.7 Å². The highest BCUT2D eigenvalue weighted by molar-refractivity contribution is 7.98. The maximum Gasteiger partial charge on any atom is 0.348 e. The summed E-state index contributed by atoms with van der Waals surface area (Å²) in [6, 6.07) is -1.01. The summed E-state index contributed by atoms with van der Waals surface area (Å²) >= 11 is 1.42. The van der Waals surface area contributed by atoms with Crippen molar-refractivity contribution in [2.45, 2.75) is 51.2 Å². The molecule has 0 radical (unpaired) electrons. The van der Waals surface area contributed by atoms with Crippen molar-refractivity contribution in [3.63, 3.8) is 0 Å². The fraction of sp³-hybridized carbons (Fsp3) is 0.688. The van der Waals surface area contributed by atoms with Gasteiger partial charge in [-0.3, -0.25) is 10.0 Å². The van der Waals surface area contributed by atoms with Gasteiger partial charge in [-0.1, -0.05) is 31.9 Å². The molecule has 1 fully saturated rings. The molecule has 0 unspecified atom stereocenters. The van der Waals surface area contributed by atoms with Crippen LogP contribution >= 0.6 is 11.9 Å². The fourth-order valence-electron chi connectivity index (χ4n) is 2.33. The maximum absolute atomic E-state index is 12.0. The zero-order chi connectivity index (χ0) is 17.8. The topological polar surface area (TPSA) is 83.0 Å². The molecule has 2 N–H and O–H groups in total. The number of carbonyl (C=O) groups is 2. The molecule has 0 heterocycles. The van der Waals surface area contributed by atoms with E-state index in [9.17, 15) is 9.59 Å². The van der Waals surface area contributed by atoms with Crippen molar-refractivity contribution >= 4 is 30.0 Å². The number of aliphatic imine (C=N–C) groups is 1. The summed E-state index contributed by atoms with van der Waals surface area (Å²) in [4.78, 5) is 29.4. The molecule has 7 nitrogen and oxygen atoms in total. The van der Waals surface area contributed by atoms with E-state index in [0.717, 1.165) is 12.8 Å². The van der Waals surface area contributed by atoms with Crippen molar-refractivity contribution in [3.05, 3.63) is 12.7 Å². The maximum atomic E-state index is 12.0. The number of rotatable bonds is 6.